The average Bonchev–Trinajstić information content (AvgIpc) is 2.18. The Bertz CT molecular complexity index is 138. The SMILES string of the molecule is COCCCOCCNCCC1CCC1. The monoisotopic (exact) mass is 215 g/mol. The summed E-state index contributed by atoms with van der Waals surface area (Å²) in [6, 6.07) is 0. The van der Waals surface area contributed by atoms with Crippen LogP contribution >= 0.6 is 0 Å². The fourth-order valence-corrected chi connectivity index (χ4v) is 1.76. The van der Waals surface area contributed by atoms with Gasteiger partial charge in [0.2, 0.25) is 0 Å². The zero-order valence-corrected chi connectivity index (χ0v) is 9.96. The van der Waals surface area contributed by atoms with Gasteiger partial charge in [-0.15, -0.1) is 0 Å². The van der Waals surface area contributed by atoms with Crippen LogP contribution in [0.5, 0.6) is 0 Å². The van der Waals surface area contributed by atoms with Crippen molar-refractivity contribution >= 4 is 0 Å². The second-order valence-corrected chi connectivity index (χ2v) is 4.29. The summed E-state index contributed by atoms with van der Waals surface area (Å²) in [4.78, 5) is 0. The van der Waals surface area contributed by atoms with Crippen molar-refractivity contribution in [3.8, 4) is 0 Å². The fraction of sp³-hybridized carbons (Fsp3) is 1.00. The molecule has 1 saturated carbocycles. The zero-order chi connectivity index (χ0) is 10.8. The molecule has 3 nitrogen and oxygen atoms in total. The number of nitrogens with one attached hydrogen (secondary N) is 1. The molecule has 0 saturated heterocycles. The number of rotatable bonds is 10. The largest absolute Gasteiger partial charge is 0.385 e. The molecule has 15 heavy (non-hydrogen) atoms. The molecule has 0 spiro atoms. The third-order valence-corrected chi connectivity index (χ3v) is 3.01. The van der Waals surface area contributed by atoms with Crippen molar-refractivity contribution in [2.45, 2.75) is 32.1 Å². The summed E-state index contributed by atoms with van der Waals surface area (Å²) in [5.41, 5.74) is 0. The molecular formula is C12H25NO2. The van der Waals surface area contributed by atoms with Crippen LogP contribution in [0.25, 0.3) is 0 Å². The van der Waals surface area contributed by atoms with Crippen LogP contribution < -0.4 is 5.32 Å². The van der Waals surface area contributed by atoms with Crippen molar-refractivity contribution in [3.05, 3.63) is 0 Å². The first-order valence-electron chi connectivity index (χ1n) is 6.21. The van der Waals surface area contributed by atoms with E-state index in [0.717, 1.165) is 45.2 Å². The Labute approximate surface area is 93.5 Å². The third-order valence-electron chi connectivity index (χ3n) is 3.01. The van der Waals surface area contributed by atoms with Crippen molar-refractivity contribution in [2.24, 2.45) is 5.92 Å². The second kappa shape index (κ2) is 9.13. The zero-order valence-electron chi connectivity index (χ0n) is 9.96. The van der Waals surface area contributed by atoms with Crippen LogP contribution in [0.3, 0.4) is 0 Å². The summed E-state index contributed by atoms with van der Waals surface area (Å²) >= 11 is 0. The van der Waals surface area contributed by atoms with E-state index in [-0.39, 0.29) is 0 Å². The lowest BCUT2D eigenvalue weighted by Crippen LogP contribution is -2.24. The van der Waals surface area contributed by atoms with Crippen LogP contribution in [-0.4, -0.2) is 40.0 Å². The molecule has 1 rings (SSSR count). The van der Waals surface area contributed by atoms with Crippen LogP contribution in [0.15, 0.2) is 0 Å². The first-order valence-corrected chi connectivity index (χ1v) is 6.21. The average molecular weight is 215 g/mol. The normalized spacial score (nSPS) is 16.6. The fourth-order valence-electron chi connectivity index (χ4n) is 1.76. The molecule has 1 fully saturated rings. The van der Waals surface area contributed by atoms with E-state index in [9.17, 15) is 0 Å². The van der Waals surface area contributed by atoms with Crippen LogP contribution in [0.2, 0.25) is 0 Å². The number of methoxy groups -OCH3 is 1. The van der Waals surface area contributed by atoms with Crippen molar-refractivity contribution in [2.75, 3.05) is 40.0 Å². The Kier molecular flexibility index (Phi) is 7.88. The van der Waals surface area contributed by atoms with Gasteiger partial charge in [-0.1, -0.05) is 19.3 Å². The lowest BCUT2D eigenvalue weighted by atomic mass is 9.83. The molecule has 90 valence electrons. The summed E-state index contributed by atoms with van der Waals surface area (Å²) in [5.74, 6) is 1.01. The molecule has 0 aromatic rings. The van der Waals surface area contributed by atoms with E-state index >= 15 is 0 Å². The summed E-state index contributed by atoms with van der Waals surface area (Å²) < 4.78 is 10.4. The summed E-state index contributed by atoms with van der Waals surface area (Å²) in [7, 11) is 1.72. The van der Waals surface area contributed by atoms with Gasteiger partial charge in [0, 0.05) is 26.9 Å². The molecule has 3 heteroatoms. The summed E-state index contributed by atoms with van der Waals surface area (Å²) in [6.07, 6.45) is 6.71. The second-order valence-electron chi connectivity index (χ2n) is 4.29. The van der Waals surface area contributed by atoms with Crippen LogP contribution in [0.4, 0.5) is 0 Å². The van der Waals surface area contributed by atoms with E-state index in [0.29, 0.717) is 0 Å². The van der Waals surface area contributed by atoms with Crippen LogP contribution in [-0.2, 0) is 9.47 Å². The van der Waals surface area contributed by atoms with Gasteiger partial charge in [-0.25, -0.2) is 0 Å². The minimum Gasteiger partial charge on any atom is -0.385 e. The Morgan fingerprint density at radius 1 is 1.13 bits per heavy atom. The molecule has 0 aromatic carbocycles. The lowest BCUT2D eigenvalue weighted by Gasteiger charge is -2.25. The Morgan fingerprint density at radius 3 is 2.67 bits per heavy atom. The van der Waals surface area contributed by atoms with Crippen molar-refractivity contribution in [1.82, 2.24) is 5.32 Å². The van der Waals surface area contributed by atoms with E-state index in [1.165, 1.54) is 25.7 Å². The van der Waals surface area contributed by atoms with Crippen molar-refractivity contribution in [3.63, 3.8) is 0 Å². The summed E-state index contributed by atoms with van der Waals surface area (Å²) in [5, 5.41) is 3.42. The standard InChI is InChI=1S/C12H25NO2/c1-14-9-3-10-15-11-8-13-7-6-12-4-2-5-12/h12-13H,2-11H2,1H3. The summed E-state index contributed by atoms with van der Waals surface area (Å²) in [6.45, 7) is 4.59. The molecule has 1 aliphatic carbocycles. The molecule has 0 aromatic heterocycles. The van der Waals surface area contributed by atoms with E-state index in [1.807, 2.05) is 0 Å². The van der Waals surface area contributed by atoms with Gasteiger partial charge >= 0.3 is 0 Å². The van der Waals surface area contributed by atoms with Gasteiger partial charge in [0.1, 0.15) is 0 Å². The smallest absolute Gasteiger partial charge is 0.0590 e. The predicted molar refractivity (Wildman–Crippen MR) is 62.1 cm³/mol. The maximum absolute atomic E-state index is 5.44. The van der Waals surface area contributed by atoms with E-state index in [4.69, 9.17) is 9.47 Å². The predicted octanol–water partition coefficient (Wildman–Crippen LogP) is 1.82. The highest BCUT2D eigenvalue weighted by molar-refractivity contribution is 4.70. The minimum absolute atomic E-state index is 0.801. The van der Waals surface area contributed by atoms with Crippen LogP contribution in [0, 0.1) is 5.92 Å². The number of ether oxygens (including phenoxy) is 2. The molecule has 0 bridgehead atoms. The van der Waals surface area contributed by atoms with E-state index in [1.54, 1.807) is 7.11 Å². The molecule has 1 N–H and O–H groups in total. The molecule has 0 aliphatic heterocycles. The van der Waals surface area contributed by atoms with Crippen molar-refractivity contribution < 1.29 is 9.47 Å². The van der Waals surface area contributed by atoms with Gasteiger partial charge in [-0.2, -0.15) is 0 Å². The first kappa shape index (κ1) is 12.9. The van der Waals surface area contributed by atoms with Gasteiger partial charge in [0.25, 0.3) is 0 Å². The lowest BCUT2D eigenvalue weighted by molar-refractivity contribution is 0.104. The Hall–Kier alpha value is -0.120. The topological polar surface area (TPSA) is 30.5 Å². The molecule has 1 aliphatic rings. The highest BCUT2D eigenvalue weighted by Crippen LogP contribution is 2.28. The van der Waals surface area contributed by atoms with Crippen LogP contribution in [0.1, 0.15) is 32.1 Å². The van der Waals surface area contributed by atoms with Gasteiger partial charge in [-0.05, 0) is 25.3 Å². The van der Waals surface area contributed by atoms with E-state index < -0.39 is 0 Å². The molecule has 0 unspecified atom stereocenters. The maximum Gasteiger partial charge on any atom is 0.0590 e. The van der Waals surface area contributed by atoms with Gasteiger partial charge < -0.3 is 14.8 Å². The molecule has 0 atom stereocenters. The Balaban J connectivity index is 1.66. The first-order chi connectivity index (χ1) is 7.43. The molecule has 0 heterocycles. The van der Waals surface area contributed by atoms with Gasteiger partial charge in [0.15, 0.2) is 0 Å². The molecular weight excluding hydrogens is 190 g/mol. The minimum atomic E-state index is 0.801. The molecule has 0 amide bonds. The Morgan fingerprint density at radius 2 is 2.00 bits per heavy atom. The molecule has 0 radical (unpaired) electrons. The van der Waals surface area contributed by atoms with Crippen molar-refractivity contribution in [1.29, 1.82) is 0 Å². The highest BCUT2D eigenvalue weighted by Gasteiger charge is 2.15. The van der Waals surface area contributed by atoms with Gasteiger partial charge in [0.05, 0.1) is 6.61 Å². The number of hydrogen-bond acceptors (Lipinski definition) is 3. The van der Waals surface area contributed by atoms with E-state index in [2.05, 4.69) is 5.32 Å². The number of hydrogen-bond donors (Lipinski definition) is 1. The maximum atomic E-state index is 5.44. The third kappa shape index (κ3) is 6.88. The highest BCUT2D eigenvalue weighted by atomic mass is 16.5. The quantitative estimate of drug-likeness (QED) is 0.564. The van der Waals surface area contributed by atoms with Gasteiger partial charge in [-0.3, -0.25) is 0 Å².